The van der Waals surface area contributed by atoms with Gasteiger partial charge in [0, 0.05) is 30.2 Å². The standard InChI is InChI=1S/C18H22N6OS.C3H8.H2S/c1-12-17(24-7-2-8-24)20-11-16(22-12)18(25)21-10-14-9-13(5-6-19-14)23-26-15-3-4-15;1-3-2;/h5-6,9,11,15H,2-4,7-8,10H2,1H3,(H,19,23)(H,21,25);3H2,1-2H3;1H2. The molecule has 2 aromatic rings. The average Bonchev–Trinajstić information content (AvgIpc) is 3.50. The molecule has 0 spiro atoms. The van der Waals surface area contributed by atoms with E-state index >= 15 is 0 Å². The van der Waals surface area contributed by atoms with Gasteiger partial charge >= 0.3 is 0 Å². The predicted molar refractivity (Wildman–Crippen MR) is 130 cm³/mol. The molecule has 2 aliphatic rings. The molecular formula is C21H32N6OS2. The molecule has 9 heteroatoms. The smallest absolute Gasteiger partial charge is 0.271 e. The van der Waals surface area contributed by atoms with Gasteiger partial charge in [-0.2, -0.15) is 13.5 Å². The Hall–Kier alpha value is -2.00. The second-order valence-electron chi connectivity index (χ2n) is 7.35. The fraction of sp³-hybridized carbons (Fsp3) is 0.524. The number of aryl methyl sites for hydroxylation is 1. The van der Waals surface area contributed by atoms with E-state index in [1.54, 1.807) is 24.3 Å². The maximum Gasteiger partial charge on any atom is 0.271 e. The number of rotatable bonds is 7. The van der Waals surface area contributed by atoms with Crippen molar-refractivity contribution in [2.75, 3.05) is 22.7 Å². The highest BCUT2D eigenvalue weighted by molar-refractivity contribution is 8.01. The number of carbonyl (C=O) groups is 1. The van der Waals surface area contributed by atoms with Gasteiger partial charge in [0.05, 0.1) is 24.1 Å². The lowest BCUT2D eigenvalue weighted by Crippen LogP contribution is -2.38. The Balaban J connectivity index is 0.000000757. The minimum absolute atomic E-state index is 0. The molecule has 164 valence electrons. The molecule has 2 fully saturated rings. The normalized spacial score (nSPS) is 14.6. The Kier molecular flexibility index (Phi) is 9.71. The fourth-order valence-electron chi connectivity index (χ4n) is 2.66. The van der Waals surface area contributed by atoms with Gasteiger partial charge in [-0.25, -0.2) is 9.97 Å². The van der Waals surface area contributed by atoms with Crippen LogP contribution in [0.15, 0.2) is 24.5 Å². The predicted octanol–water partition coefficient (Wildman–Crippen LogP) is 4.07. The summed E-state index contributed by atoms with van der Waals surface area (Å²) >= 11 is 1.75. The minimum atomic E-state index is -0.233. The van der Waals surface area contributed by atoms with Gasteiger partial charge in [0.2, 0.25) is 0 Å². The summed E-state index contributed by atoms with van der Waals surface area (Å²) in [6, 6.07) is 3.89. The second kappa shape index (κ2) is 12.0. The summed E-state index contributed by atoms with van der Waals surface area (Å²) < 4.78 is 3.34. The number of anilines is 2. The zero-order valence-corrected chi connectivity index (χ0v) is 19.8. The molecule has 0 bridgehead atoms. The van der Waals surface area contributed by atoms with Gasteiger partial charge in [-0.3, -0.25) is 9.78 Å². The van der Waals surface area contributed by atoms with E-state index in [9.17, 15) is 4.79 Å². The van der Waals surface area contributed by atoms with Gasteiger partial charge in [-0.15, -0.1) is 0 Å². The van der Waals surface area contributed by atoms with Crippen LogP contribution in [0.3, 0.4) is 0 Å². The van der Waals surface area contributed by atoms with Gasteiger partial charge < -0.3 is 14.9 Å². The topological polar surface area (TPSA) is 83.0 Å². The first-order valence-electron chi connectivity index (χ1n) is 10.3. The summed E-state index contributed by atoms with van der Waals surface area (Å²) in [4.78, 5) is 27.7. The zero-order chi connectivity index (χ0) is 20.6. The molecule has 0 unspecified atom stereocenters. The highest BCUT2D eigenvalue weighted by atomic mass is 32.2. The van der Waals surface area contributed by atoms with Crippen LogP contribution in [-0.2, 0) is 6.54 Å². The van der Waals surface area contributed by atoms with Crippen molar-refractivity contribution in [3.63, 3.8) is 0 Å². The lowest BCUT2D eigenvalue weighted by atomic mass is 10.2. The van der Waals surface area contributed by atoms with Gasteiger partial charge in [-0.05, 0) is 50.3 Å². The SMILES string of the molecule is CCC.Cc1nc(C(=O)NCc2cc(NSC3CC3)ccn2)cnc1N1CCC1.S. The van der Waals surface area contributed by atoms with Crippen LogP contribution >= 0.6 is 25.4 Å². The molecular weight excluding hydrogens is 416 g/mol. The van der Waals surface area contributed by atoms with Gasteiger partial charge in [0.25, 0.3) is 5.91 Å². The van der Waals surface area contributed by atoms with Crippen molar-refractivity contribution in [1.29, 1.82) is 0 Å². The van der Waals surface area contributed by atoms with Gasteiger partial charge in [0.15, 0.2) is 0 Å². The lowest BCUT2D eigenvalue weighted by Gasteiger charge is -2.32. The van der Waals surface area contributed by atoms with Crippen molar-refractivity contribution in [2.45, 2.75) is 58.2 Å². The number of nitrogens with zero attached hydrogens (tertiary/aromatic N) is 4. The van der Waals surface area contributed by atoms with Crippen LogP contribution in [0.1, 0.15) is 61.4 Å². The Morgan fingerprint density at radius 3 is 2.60 bits per heavy atom. The van der Waals surface area contributed by atoms with Crippen molar-refractivity contribution in [3.8, 4) is 0 Å². The maximum atomic E-state index is 12.4. The number of hydrogen-bond donors (Lipinski definition) is 2. The molecule has 2 aromatic heterocycles. The van der Waals surface area contributed by atoms with Crippen molar-refractivity contribution in [1.82, 2.24) is 20.3 Å². The molecule has 1 amide bonds. The number of carbonyl (C=O) groups excluding carboxylic acids is 1. The van der Waals surface area contributed by atoms with E-state index in [0.717, 1.165) is 41.2 Å². The molecule has 7 nitrogen and oxygen atoms in total. The molecule has 0 aromatic carbocycles. The molecule has 1 aliphatic heterocycles. The van der Waals surface area contributed by atoms with E-state index in [1.165, 1.54) is 25.7 Å². The first-order chi connectivity index (χ1) is 14.1. The summed E-state index contributed by atoms with van der Waals surface area (Å²) in [6.45, 7) is 8.52. The number of aromatic nitrogens is 3. The third kappa shape index (κ3) is 7.05. The van der Waals surface area contributed by atoms with Crippen LogP contribution in [-0.4, -0.2) is 39.2 Å². The first kappa shape index (κ1) is 24.3. The van der Waals surface area contributed by atoms with Crippen LogP contribution in [0.25, 0.3) is 0 Å². The Bertz CT molecular complexity index is 827. The molecule has 1 saturated heterocycles. The molecule has 0 atom stereocenters. The largest absolute Gasteiger partial charge is 0.355 e. The average molecular weight is 449 g/mol. The third-order valence-corrected chi connectivity index (χ3v) is 5.58. The van der Waals surface area contributed by atoms with Crippen LogP contribution in [0, 0.1) is 6.92 Å². The highest BCUT2D eigenvalue weighted by Crippen LogP contribution is 2.34. The number of amides is 1. The number of nitrogens with one attached hydrogen (secondary N) is 2. The van der Waals surface area contributed by atoms with E-state index in [4.69, 9.17) is 0 Å². The van der Waals surface area contributed by atoms with Crippen LogP contribution in [0.4, 0.5) is 11.5 Å². The molecule has 0 radical (unpaired) electrons. The second-order valence-corrected chi connectivity index (χ2v) is 8.46. The van der Waals surface area contributed by atoms with Crippen molar-refractivity contribution >= 4 is 42.9 Å². The van der Waals surface area contributed by atoms with E-state index < -0.39 is 0 Å². The monoisotopic (exact) mass is 448 g/mol. The van der Waals surface area contributed by atoms with Crippen LogP contribution in [0.5, 0.6) is 0 Å². The van der Waals surface area contributed by atoms with Gasteiger partial charge in [-0.1, -0.05) is 20.3 Å². The van der Waals surface area contributed by atoms with Crippen molar-refractivity contribution < 1.29 is 4.79 Å². The summed E-state index contributed by atoms with van der Waals surface area (Å²) in [6.07, 6.45) is 8.30. The Morgan fingerprint density at radius 2 is 2.00 bits per heavy atom. The van der Waals surface area contributed by atoms with E-state index in [2.05, 4.69) is 43.7 Å². The van der Waals surface area contributed by atoms with Crippen molar-refractivity contribution in [2.24, 2.45) is 0 Å². The number of pyridine rings is 1. The molecule has 1 saturated carbocycles. The summed E-state index contributed by atoms with van der Waals surface area (Å²) in [5, 5.41) is 3.60. The van der Waals surface area contributed by atoms with Crippen molar-refractivity contribution in [3.05, 3.63) is 41.6 Å². The molecule has 1 aliphatic carbocycles. The zero-order valence-electron chi connectivity index (χ0n) is 17.9. The molecule has 3 heterocycles. The van der Waals surface area contributed by atoms with Gasteiger partial charge in [0.1, 0.15) is 11.5 Å². The quantitative estimate of drug-likeness (QED) is 0.618. The molecule has 4 rings (SSSR count). The van der Waals surface area contributed by atoms with E-state index in [1.807, 2.05) is 19.1 Å². The third-order valence-electron chi connectivity index (χ3n) is 4.42. The first-order valence-corrected chi connectivity index (χ1v) is 11.2. The maximum absolute atomic E-state index is 12.4. The fourth-order valence-corrected chi connectivity index (χ4v) is 3.46. The Labute approximate surface area is 190 Å². The Morgan fingerprint density at radius 1 is 1.27 bits per heavy atom. The highest BCUT2D eigenvalue weighted by Gasteiger charge is 2.22. The molecule has 2 N–H and O–H groups in total. The van der Waals surface area contributed by atoms with E-state index in [0.29, 0.717) is 12.2 Å². The van der Waals surface area contributed by atoms with Crippen LogP contribution < -0.4 is 14.9 Å². The summed E-state index contributed by atoms with van der Waals surface area (Å²) in [5.74, 6) is 0.643. The minimum Gasteiger partial charge on any atom is -0.355 e. The van der Waals surface area contributed by atoms with Crippen LogP contribution in [0.2, 0.25) is 0 Å². The van der Waals surface area contributed by atoms with E-state index in [-0.39, 0.29) is 19.4 Å². The summed E-state index contributed by atoms with van der Waals surface area (Å²) in [5.41, 5.74) is 2.95. The summed E-state index contributed by atoms with van der Waals surface area (Å²) in [7, 11) is 0. The lowest BCUT2D eigenvalue weighted by molar-refractivity contribution is 0.0945. The molecule has 30 heavy (non-hydrogen) atoms. The number of hydrogen-bond acceptors (Lipinski definition) is 7.